The predicted molar refractivity (Wildman–Crippen MR) is 102 cm³/mol. The van der Waals surface area contributed by atoms with Crippen LogP contribution in [-0.4, -0.2) is 24.8 Å². The zero-order chi connectivity index (χ0) is 22.2. The smallest absolute Gasteiger partial charge is 0.322 e. The third-order valence-corrected chi connectivity index (χ3v) is 6.47. The van der Waals surface area contributed by atoms with E-state index < -0.39 is 31.8 Å². The van der Waals surface area contributed by atoms with Crippen LogP contribution in [0.5, 0.6) is 0 Å². The minimum Gasteiger partial charge on any atom is -0.322 e. The molecule has 160 valence electrons. The number of amides is 1. The van der Waals surface area contributed by atoms with E-state index in [0.29, 0.717) is 5.57 Å². The van der Waals surface area contributed by atoms with Crippen molar-refractivity contribution >= 4 is 33.0 Å². The number of aromatic nitrogens is 1. The van der Waals surface area contributed by atoms with Crippen molar-refractivity contribution in [2.24, 2.45) is 0 Å². The van der Waals surface area contributed by atoms with Crippen molar-refractivity contribution in [3.63, 3.8) is 0 Å². The van der Waals surface area contributed by atoms with Gasteiger partial charge in [0.15, 0.2) is 5.67 Å². The summed E-state index contributed by atoms with van der Waals surface area (Å²) in [5.41, 5.74) is -6.73. The van der Waals surface area contributed by atoms with Gasteiger partial charge in [0.25, 0.3) is 15.7 Å². The number of carbonyl (C=O) groups is 1. The summed E-state index contributed by atoms with van der Waals surface area (Å²) in [5, 5.41) is 2.65. The van der Waals surface area contributed by atoms with Crippen LogP contribution in [0.4, 0.5) is 23.2 Å². The quantitative estimate of drug-likeness (QED) is 0.653. The SMILES string of the molecule is O=C(Nc1ccc(S(=O)(=O)C(F)(F)F)cc1)C1=CCC(F)(c2ncccc2Cl)CC1. The highest BCUT2D eigenvalue weighted by Gasteiger charge is 2.46. The second-order valence-electron chi connectivity index (χ2n) is 6.66. The van der Waals surface area contributed by atoms with Crippen molar-refractivity contribution in [1.82, 2.24) is 4.98 Å². The second-order valence-corrected chi connectivity index (χ2v) is 9.01. The van der Waals surface area contributed by atoms with E-state index in [0.717, 1.165) is 24.3 Å². The van der Waals surface area contributed by atoms with Gasteiger partial charge < -0.3 is 5.32 Å². The van der Waals surface area contributed by atoms with Crippen molar-refractivity contribution in [1.29, 1.82) is 0 Å². The summed E-state index contributed by atoms with van der Waals surface area (Å²) < 4.78 is 75.7. The number of carbonyl (C=O) groups excluding carboxylic acids is 1. The van der Waals surface area contributed by atoms with Crippen LogP contribution in [0.2, 0.25) is 5.02 Å². The van der Waals surface area contributed by atoms with Gasteiger partial charge in [-0.2, -0.15) is 13.2 Å². The molecular weight excluding hydrogens is 448 g/mol. The summed E-state index contributed by atoms with van der Waals surface area (Å²) >= 11 is 6.01. The lowest BCUT2D eigenvalue weighted by atomic mass is 9.84. The number of nitrogens with zero attached hydrogens (tertiary/aromatic N) is 1. The Morgan fingerprint density at radius 2 is 1.83 bits per heavy atom. The third-order valence-electron chi connectivity index (χ3n) is 4.66. The molecule has 1 aliphatic rings. The molecule has 1 aromatic carbocycles. The molecule has 0 bridgehead atoms. The van der Waals surface area contributed by atoms with Crippen LogP contribution in [0.25, 0.3) is 0 Å². The molecule has 0 fully saturated rings. The lowest BCUT2D eigenvalue weighted by Crippen LogP contribution is -2.27. The summed E-state index contributed by atoms with van der Waals surface area (Å²) in [5.74, 6) is -0.560. The van der Waals surface area contributed by atoms with Gasteiger partial charge in [-0.15, -0.1) is 0 Å². The van der Waals surface area contributed by atoms with E-state index in [1.165, 1.54) is 18.3 Å². The van der Waals surface area contributed by atoms with Gasteiger partial charge in [-0.25, -0.2) is 12.8 Å². The number of anilines is 1. The van der Waals surface area contributed by atoms with E-state index in [2.05, 4.69) is 10.3 Å². The van der Waals surface area contributed by atoms with Gasteiger partial charge in [0.1, 0.15) is 0 Å². The number of hydrogen-bond acceptors (Lipinski definition) is 4. The maximum atomic E-state index is 15.2. The molecule has 5 nitrogen and oxygen atoms in total. The standard InChI is InChI=1S/C19H15ClF4N2O3S/c20-15-2-1-11-25-16(15)18(21)9-7-12(8-10-18)17(27)26-13-3-5-14(6-4-13)30(28,29)19(22,23)24/h1-7,11H,8-10H2,(H,26,27). The molecule has 1 unspecified atom stereocenters. The molecule has 1 aromatic heterocycles. The van der Waals surface area contributed by atoms with E-state index in [-0.39, 0.29) is 35.7 Å². The number of allylic oxidation sites excluding steroid dienone is 1. The van der Waals surface area contributed by atoms with Crippen molar-refractivity contribution in [2.75, 3.05) is 5.32 Å². The number of nitrogens with one attached hydrogen (secondary N) is 1. The first-order chi connectivity index (χ1) is 13.9. The first-order valence-electron chi connectivity index (χ1n) is 8.66. The fourth-order valence-electron chi connectivity index (χ4n) is 3.02. The first kappa shape index (κ1) is 22.2. The molecule has 1 aliphatic carbocycles. The maximum Gasteiger partial charge on any atom is 0.501 e. The minimum atomic E-state index is -5.47. The summed E-state index contributed by atoms with van der Waals surface area (Å²) in [7, 11) is -5.47. The highest BCUT2D eigenvalue weighted by molar-refractivity contribution is 7.92. The molecule has 1 amide bonds. The Morgan fingerprint density at radius 3 is 2.37 bits per heavy atom. The lowest BCUT2D eigenvalue weighted by Gasteiger charge is -2.28. The molecule has 3 rings (SSSR count). The van der Waals surface area contributed by atoms with Crippen LogP contribution < -0.4 is 5.32 Å². The van der Waals surface area contributed by atoms with Gasteiger partial charge in [0.2, 0.25) is 0 Å². The molecule has 0 aliphatic heterocycles. The van der Waals surface area contributed by atoms with Crippen molar-refractivity contribution in [3.8, 4) is 0 Å². The number of rotatable bonds is 4. The highest BCUT2D eigenvalue weighted by Crippen LogP contribution is 2.41. The van der Waals surface area contributed by atoms with E-state index in [9.17, 15) is 26.4 Å². The van der Waals surface area contributed by atoms with Crippen molar-refractivity contribution in [3.05, 3.63) is 65.0 Å². The van der Waals surface area contributed by atoms with Crippen LogP contribution in [0.15, 0.2) is 59.1 Å². The van der Waals surface area contributed by atoms with Crippen LogP contribution >= 0.6 is 11.6 Å². The number of alkyl halides is 4. The Kier molecular flexibility index (Phi) is 5.92. The fourth-order valence-corrected chi connectivity index (χ4v) is 4.07. The lowest BCUT2D eigenvalue weighted by molar-refractivity contribution is -0.113. The van der Waals surface area contributed by atoms with Crippen molar-refractivity contribution in [2.45, 2.75) is 35.3 Å². The summed E-state index contributed by atoms with van der Waals surface area (Å²) in [6.07, 6.45) is 2.81. The first-order valence-corrected chi connectivity index (χ1v) is 10.5. The molecule has 1 atom stereocenters. The topological polar surface area (TPSA) is 76.1 Å². The van der Waals surface area contributed by atoms with E-state index >= 15 is 4.39 Å². The Hall–Kier alpha value is -2.46. The van der Waals surface area contributed by atoms with E-state index in [1.54, 1.807) is 6.07 Å². The molecule has 30 heavy (non-hydrogen) atoms. The number of pyridine rings is 1. The zero-order valence-electron chi connectivity index (χ0n) is 15.2. The van der Waals surface area contributed by atoms with Gasteiger partial charge in [-0.3, -0.25) is 9.78 Å². The van der Waals surface area contributed by atoms with E-state index in [1.807, 2.05) is 0 Å². The van der Waals surface area contributed by atoms with Gasteiger partial charge in [-0.05, 0) is 49.2 Å². The normalized spacial score (nSPS) is 19.8. The number of hydrogen-bond donors (Lipinski definition) is 1. The number of halogens is 5. The number of benzene rings is 1. The Bertz CT molecular complexity index is 1100. The van der Waals surface area contributed by atoms with Crippen molar-refractivity contribution < 1.29 is 30.8 Å². The minimum absolute atomic E-state index is 0.0221. The van der Waals surface area contributed by atoms with Crippen LogP contribution in [0.1, 0.15) is 25.0 Å². The third kappa shape index (κ3) is 4.34. The number of sulfone groups is 1. The van der Waals surface area contributed by atoms with Crippen LogP contribution in [0.3, 0.4) is 0 Å². The summed E-state index contributed by atoms with van der Waals surface area (Å²) in [4.78, 5) is 15.4. The second kappa shape index (κ2) is 7.99. The molecule has 2 aromatic rings. The summed E-state index contributed by atoms with van der Waals surface area (Å²) in [6.45, 7) is 0. The Balaban J connectivity index is 1.70. The Labute approximate surface area is 174 Å². The highest BCUT2D eigenvalue weighted by atomic mass is 35.5. The molecule has 11 heteroatoms. The van der Waals surface area contributed by atoms with Crippen LogP contribution in [0, 0.1) is 0 Å². The molecule has 0 saturated carbocycles. The summed E-state index contributed by atoms with van der Waals surface area (Å²) in [6, 6.07) is 6.71. The molecule has 1 N–H and O–H groups in total. The molecular formula is C19H15ClF4N2O3S. The van der Waals surface area contributed by atoms with E-state index in [4.69, 9.17) is 11.6 Å². The van der Waals surface area contributed by atoms with Gasteiger partial charge >= 0.3 is 5.51 Å². The van der Waals surface area contributed by atoms with Gasteiger partial charge in [0.05, 0.1) is 15.6 Å². The fraction of sp³-hybridized carbons (Fsp3) is 0.263. The average Bonchev–Trinajstić information content (AvgIpc) is 2.68. The largest absolute Gasteiger partial charge is 0.501 e. The Morgan fingerprint density at radius 1 is 1.17 bits per heavy atom. The monoisotopic (exact) mass is 462 g/mol. The predicted octanol–water partition coefficient (Wildman–Crippen LogP) is 4.94. The molecule has 0 radical (unpaired) electrons. The maximum absolute atomic E-state index is 15.2. The van der Waals surface area contributed by atoms with Crippen LogP contribution in [-0.2, 0) is 20.3 Å². The zero-order valence-corrected chi connectivity index (χ0v) is 16.8. The van der Waals surface area contributed by atoms with Gasteiger partial charge in [0, 0.05) is 23.9 Å². The molecule has 0 spiro atoms. The van der Waals surface area contributed by atoms with Gasteiger partial charge in [-0.1, -0.05) is 17.7 Å². The molecule has 1 heterocycles. The molecule has 0 saturated heterocycles. The average molecular weight is 463 g/mol.